The smallest absolute Gasteiger partial charge is 0.311 e. The molecule has 25 heavy (non-hydrogen) atoms. The molecular weight excluding hydrogens is 316 g/mol. The molecule has 0 aromatic rings. The van der Waals surface area contributed by atoms with E-state index in [9.17, 15) is 9.59 Å². The molecule has 0 bridgehead atoms. The first kappa shape index (κ1) is 22.6. The fraction of sp³-hybridized carbons (Fsp3) is 0.429. The number of ether oxygens (including phenoxy) is 2. The van der Waals surface area contributed by atoms with Gasteiger partial charge in [0.05, 0.1) is 5.92 Å². The first-order valence-corrected chi connectivity index (χ1v) is 8.69. The van der Waals surface area contributed by atoms with Crippen molar-refractivity contribution in [2.45, 2.75) is 53.2 Å². The monoisotopic (exact) mass is 346 g/mol. The van der Waals surface area contributed by atoms with Crippen LogP contribution in [0.2, 0.25) is 0 Å². The van der Waals surface area contributed by atoms with Crippen LogP contribution in [0.1, 0.15) is 47.0 Å². The summed E-state index contributed by atoms with van der Waals surface area (Å²) in [4.78, 5) is 23.0. The second-order valence-corrected chi connectivity index (χ2v) is 5.61. The van der Waals surface area contributed by atoms with Gasteiger partial charge in [0, 0.05) is 13.3 Å². The summed E-state index contributed by atoms with van der Waals surface area (Å²) in [5.41, 5.74) is 0. The van der Waals surface area contributed by atoms with E-state index in [1.54, 1.807) is 13.8 Å². The Morgan fingerprint density at radius 2 is 1.32 bits per heavy atom. The molecule has 138 valence electrons. The predicted molar refractivity (Wildman–Crippen MR) is 102 cm³/mol. The largest absolute Gasteiger partial charge is 0.425 e. The summed E-state index contributed by atoms with van der Waals surface area (Å²) >= 11 is 0. The second kappa shape index (κ2) is 15.2. The van der Waals surface area contributed by atoms with Gasteiger partial charge in [-0.3, -0.25) is 9.59 Å². The molecule has 1 atom stereocenters. The molecule has 0 fully saturated rings. The van der Waals surface area contributed by atoms with Gasteiger partial charge in [-0.25, -0.2) is 0 Å². The Kier molecular flexibility index (Phi) is 13.8. The highest BCUT2D eigenvalue weighted by molar-refractivity contribution is 5.72. The van der Waals surface area contributed by atoms with Gasteiger partial charge in [0.1, 0.15) is 0 Å². The maximum absolute atomic E-state index is 11.6. The fourth-order valence-electron chi connectivity index (χ4n) is 1.54. The summed E-state index contributed by atoms with van der Waals surface area (Å²) < 4.78 is 9.98. The van der Waals surface area contributed by atoms with Crippen LogP contribution in [0.3, 0.4) is 0 Å². The molecule has 0 spiro atoms. The normalized spacial score (nSPS) is 13.8. The summed E-state index contributed by atoms with van der Waals surface area (Å²) in [5, 5.41) is 0. The standard InChI is InChI=1S/C21H30O4/c1-5-6-7-8-9-10-11-12-13-14-15-16-17-20(22)24-19(4)25-21(23)18(2)3/h6-15,18-19H,5,16-17H2,1-4H3/b7-6+,9-8+,11-10+,13-12+,15-14?. The van der Waals surface area contributed by atoms with Crippen LogP contribution >= 0.6 is 0 Å². The number of carbonyl (C=O) groups is 2. The molecule has 0 aromatic carbocycles. The molecule has 4 heteroatoms. The van der Waals surface area contributed by atoms with Crippen molar-refractivity contribution in [1.29, 1.82) is 0 Å². The molecule has 0 heterocycles. The van der Waals surface area contributed by atoms with Gasteiger partial charge < -0.3 is 9.47 Å². The van der Waals surface area contributed by atoms with Crippen molar-refractivity contribution in [2.24, 2.45) is 5.92 Å². The SMILES string of the molecule is CC/C=C/C=C/C=C/C=C/C=CCCC(=O)OC(C)OC(=O)C(C)C. The van der Waals surface area contributed by atoms with Crippen molar-refractivity contribution in [2.75, 3.05) is 0 Å². The van der Waals surface area contributed by atoms with E-state index in [4.69, 9.17) is 9.47 Å². The topological polar surface area (TPSA) is 52.6 Å². The van der Waals surface area contributed by atoms with Crippen molar-refractivity contribution < 1.29 is 19.1 Å². The van der Waals surface area contributed by atoms with Gasteiger partial charge in [-0.1, -0.05) is 81.5 Å². The van der Waals surface area contributed by atoms with Gasteiger partial charge in [0.15, 0.2) is 0 Å². The number of carbonyl (C=O) groups excluding carboxylic acids is 2. The Balaban J connectivity index is 3.89. The zero-order valence-corrected chi connectivity index (χ0v) is 15.7. The van der Waals surface area contributed by atoms with Crippen molar-refractivity contribution >= 4 is 11.9 Å². The van der Waals surface area contributed by atoms with E-state index in [1.807, 2.05) is 54.7 Å². The van der Waals surface area contributed by atoms with Crippen LogP contribution in [0, 0.1) is 5.92 Å². The van der Waals surface area contributed by atoms with E-state index >= 15 is 0 Å². The van der Waals surface area contributed by atoms with E-state index in [0.29, 0.717) is 6.42 Å². The van der Waals surface area contributed by atoms with Crippen molar-refractivity contribution in [3.8, 4) is 0 Å². The van der Waals surface area contributed by atoms with Crippen molar-refractivity contribution in [3.63, 3.8) is 0 Å². The summed E-state index contributed by atoms with van der Waals surface area (Å²) in [7, 11) is 0. The summed E-state index contributed by atoms with van der Waals surface area (Å²) in [5.74, 6) is -1.01. The first-order chi connectivity index (χ1) is 12.0. The molecule has 0 aliphatic rings. The molecule has 0 aromatic heterocycles. The fourth-order valence-corrected chi connectivity index (χ4v) is 1.54. The summed E-state index contributed by atoms with van der Waals surface area (Å²) in [6.07, 6.45) is 20.5. The number of hydrogen-bond donors (Lipinski definition) is 0. The molecule has 4 nitrogen and oxygen atoms in total. The van der Waals surface area contributed by atoms with Crippen LogP contribution in [0.4, 0.5) is 0 Å². The Bertz CT molecular complexity index is 522. The Morgan fingerprint density at radius 1 is 0.800 bits per heavy atom. The van der Waals surface area contributed by atoms with Gasteiger partial charge in [0.2, 0.25) is 6.29 Å². The Morgan fingerprint density at radius 3 is 1.84 bits per heavy atom. The van der Waals surface area contributed by atoms with Crippen LogP contribution in [-0.2, 0) is 19.1 Å². The van der Waals surface area contributed by atoms with Crippen LogP contribution in [-0.4, -0.2) is 18.2 Å². The minimum Gasteiger partial charge on any atom is -0.425 e. The molecule has 0 radical (unpaired) electrons. The lowest BCUT2D eigenvalue weighted by Gasteiger charge is -2.15. The molecule has 0 saturated heterocycles. The average molecular weight is 346 g/mol. The third-order valence-corrected chi connectivity index (χ3v) is 2.85. The van der Waals surface area contributed by atoms with Gasteiger partial charge in [-0.2, -0.15) is 0 Å². The maximum atomic E-state index is 11.6. The summed E-state index contributed by atoms with van der Waals surface area (Å²) in [6.45, 7) is 7.08. The van der Waals surface area contributed by atoms with E-state index < -0.39 is 6.29 Å². The van der Waals surface area contributed by atoms with E-state index in [1.165, 1.54) is 6.92 Å². The number of allylic oxidation sites excluding steroid dienone is 10. The predicted octanol–water partition coefficient (Wildman–Crippen LogP) is 5.05. The van der Waals surface area contributed by atoms with E-state index in [2.05, 4.69) is 13.0 Å². The molecule has 0 amide bonds. The van der Waals surface area contributed by atoms with Gasteiger partial charge >= 0.3 is 11.9 Å². The van der Waals surface area contributed by atoms with Gasteiger partial charge in [-0.05, 0) is 12.8 Å². The van der Waals surface area contributed by atoms with E-state index in [0.717, 1.165) is 6.42 Å². The molecular formula is C21H30O4. The molecule has 0 rings (SSSR count). The molecule has 0 N–H and O–H groups in total. The Hall–Kier alpha value is -2.36. The number of rotatable bonds is 11. The minimum absolute atomic E-state index is 0.242. The number of esters is 2. The van der Waals surface area contributed by atoms with Gasteiger partial charge in [0.25, 0.3) is 0 Å². The third-order valence-electron chi connectivity index (χ3n) is 2.85. The second-order valence-electron chi connectivity index (χ2n) is 5.61. The lowest BCUT2D eigenvalue weighted by Crippen LogP contribution is -2.24. The Labute approximate surface area is 151 Å². The van der Waals surface area contributed by atoms with Crippen molar-refractivity contribution in [1.82, 2.24) is 0 Å². The first-order valence-electron chi connectivity index (χ1n) is 8.69. The highest BCUT2D eigenvalue weighted by Gasteiger charge is 2.15. The quantitative estimate of drug-likeness (QED) is 0.298. The molecule has 0 aliphatic carbocycles. The zero-order valence-electron chi connectivity index (χ0n) is 15.7. The number of hydrogen-bond acceptors (Lipinski definition) is 4. The average Bonchev–Trinajstić information content (AvgIpc) is 2.55. The molecule has 0 saturated carbocycles. The molecule has 1 unspecified atom stereocenters. The minimum atomic E-state index is -0.850. The maximum Gasteiger partial charge on any atom is 0.311 e. The van der Waals surface area contributed by atoms with Crippen LogP contribution in [0.25, 0.3) is 0 Å². The lowest BCUT2D eigenvalue weighted by molar-refractivity contribution is -0.186. The molecule has 0 aliphatic heterocycles. The van der Waals surface area contributed by atoms with Crippen LogP contribution in [0.15, 0.2) is 60.8 Å². The highest BCUT2D eigenvalue weighted by Crippen LogP contribution is 2.04. The van der Waals surface area contributed by atoms with E-state index in [-0.39, 0.29) is 24.3 Å². The zero-order chi connectivity index (χ0) is 18.9. The third kappa shape index (κ3) is 14.9. The van der Waals surface area contributed by atoms with Gasteiger partial charge in [-0.15, -0.1) is 0 Å². The van der Waals surface area contributed by atoms with Crippen LogP contribution in [0.5, 0.6) is 0 Å². The van der Waals surface area contributed by atoms with Crippen LogP contribution < -0.4 is 0 Å². The lowest BCUT2D eigenvalue weighted by atomic mass is 10.2. The highest BCUT2D eigenvalue weighted by atomic mass is 16.7. The summed E-state index contributed by atoms with van der Waals surface area (Å²) in [6, 6.07) is 0. The van der Waals surface area contributed by atoms with Crippen molar-refractivity contribution in [3.05, 3.63) is 60.8 Å².